The molecular formula is C26H22N2O2S. The Labute approximate surface area is 185 Å². The lowest BCUT2D eigenvalue weighted by atomic mass is 10.1. The number of amides is 2. The van der Waals surface area contributed by atoms with Gasteiger partial charge >= 0.3 is 0 Å². The van der Waals surface area contributed by atoms with Crippen molar-refractivity contribution in [3.8, 4) is 0 Å². The predicted octanol–water partition coefficient (Wildman–Crippen LogP) is 6.13. The molecule has 0 fully saturated rings. The number of carbonyl (C=O) groups excluding carboxylic acids is 2. The summed E-state index contributed by atoms with van der Waals surface area (Å²) >= 11 is 1.43. The molecule has 31 heavy (non-hydrogen) atoms. The first kappa shape index (κ1) is 20.7. The quantitative estimate of drug-likeness (QED) is 0.365. The van der Waals surface area contributed by atoms with Gasteiger partial charge in [0.1, 0.15) is 0 Å². The molecule has 0 spiro atoms. The van der Waals surface area contributed by atoms with Crippen LogP contribution in [-0.2, 0) is 4.79 Å². The molecule has 5 heteroatoms. The zero-order chi connectivity index (χ0) is 21.6. The molecule has 0 heterocycles. The maximum Gasteiger partial charge on any atom is 0.255 e. The largest absolute Gasteiger partial charge is 0.325 e. The van der Waals surface area contributed by atoms with Crippen LogP contribution >= 0.6 is 11.8 Å². The number of benzene rings is 4. The second kappa shape index (κ2) is 9.49. The average molecular weight is 427 g/mol. The minimum atomic E-state index is -0.162. The molecule has 154 valence electrons. The lowest BCUT2D eigenvalue weighted by Crippen LogP contribution is -2.14. The normalized spacial score (nSPS) is 10.6. The van der Waals surface area contributed by atoms with E-state index in [1.54, 1.807) is 0 Å². The lowest BCUT2D eigenvalue weighted by Gasteiger charge is -2.09. The highest BCUT2D eigenvalue weighted by Gasteiger charge is 2.09. The molecule has 0 aliphatic carbocycles. The average Bonchev–Trinajstić information content (AvgIpc) is 2.79. The van der Waals surface area contributed by atoms with E-state index in [0.717, 1.165) is 26.9 Å². The van der Waals surface area contributed by atoms with Crippen LogP contribution in [0.4, 0.5) is 11.4 Å². The first-order valence-electron chi connectivity index (χ1n) is 9.97. The zero-order valence-corrected chi connectivity index (χ0v) is 17.9. The van der Waals surface area contributed by atoms with Crippen molar-refractivity contribution in [2.45, 2.75) is 11.8 Å². The summed E-state index contributed by atoms with van der Waals surface area (Å²) in [6.45, 7) is 1.96. The van der Waals surface area contributed by atoms with Crippen LogP contribution < -0.4 is 10.6 Å². The van der Waals surface area contributed by atoms with Crippen molar-refractivity contribution >= 4 is 45.7 Å². The van der Waals surface area contributed by atoms with E-state index in [2.05, 4.69) is 10.6 Å². The molecule has 4 aromatic carbocycles. The minimum Gasteiger partial charge on any atom is -0.325 e. The number of aryl methyl sites for hydroxylation is 1. The molecule has 0 saturated carbocycles. The molecule has 4 aromatic rings. The molecule has 0 aromatic heterocycles. The summed E-state index contributed by atoms with van der Waals surface area (Å²) < 4.78 is 0. The maximum absolute atomic E-state index is 12.7. The monoisotopic (exact) mass is 426 g/mol. The minimum absolute atomic E-state index is 0.0649. The molecule has 0 atom stereocenters. The van der Waals surface area contributed by atoms with E-state index in [4.69, 9.17) is 0 Å². The van der Waals surface area contributed by atoms with E-state index in [1.165, 1.54) is 11.8 Å². The van der Waals surface area contributed by atoms with Gasteiger partial charge < -0.3 is 10.6 Å². The van der Waals surface area contributed by atoms with Crippen LogP contribution in [-0.4, -0.2) is 17.6 Å². The Hall–Kier alpha value is -3.57. The molecule has 2 N–H and O–H groups in total. The number of hydrogen-bond acceptors (Lipinski definition) is 3. The van der Waals surface area contributed by atoms with Crippen LogP contribution in [0.3, 0.4) is 0 Å². The highest BCUT2D eigenvalue weighted by Crippen LogP contribution is 2.23. The maximum atomic E-state index is 12.7. The molecular weight excluding hydrogens is 404 g/mol. The summed E-state index contributed by atoms with van der Waals surface area (Å²) in [5, 5.41) is 8.00. The van der Waals surface area contributed by atoms with E-state index in [9.17, 15) is 9.59 Å². The third kappa shape index (κ3) is 5.32. The van der Waals surface area contributed by atoms with E-state index in [1.807, 2.05) is 97.9 Å². The Kier molecular flexibility index (Phi) is 6.34. The van der Waals surface area contributed by atoms with Crippen molar-refractivity contribution in [3.05, 3.63) is 102 Å². The molecule has 0 aliphatic heterocycles. The number of thioether (sulfide) groups is 1. The molecule has 0 bridgehead atoms. The van der Waals surface area contributed by atoms with Gasteiger partial charge in [0.05, 0.1) is 5.75 Å². The van der Waals surface area contributed by atoms with Crippen LogP contribution in [0.15, 0.2) is 95.9 Å². The Balaban J connectivity index is 1.38. The van der Waals surface area contributed by atoms with Crippen molar-refractivity contribution in [1.29, 1.82) is 0 Å². The highest BCUT2D eigenvalue weighted by molar-refractivity contribution is 8.00. The Morgan fingerprint density at radius 1 is 0.774 bits per heavy atom. The molecule has 0 aliphatic rings. The summed E-state index contributed by atoms with van der Waals surface area (Å²) in [6, 6.07) is 28.8. The van der Waals surface area contributed by atoms with Gasteiger partial charge in [0.2, 0.25) is 5.91 Å². The smallest absolute Gasteiger partial charge is 0.255 e. The van der Waals surface area contributed by atoms with Crippen LogP contribution in [0.1, 0.15) is 15.9 Å². The molecule has 2 amide bonds. The number of rotatable bonds is 6. The fourth-order valence-corrected chi connectivity index (χ4v) is 4.00. The number of para-hydroxylation sites is 1. The second-order valence-corrected chi connectivity index (χ2v) is 8.24. The van der Waals surface area contributed by atoms with Crippen LogP contribution in [0.2, 0.25) is 0 Å². The number of hydrogen-bond donors (Lipinski definition) is 2. The molecule has 0 saturated heterocycles. The van der Waals surface area contributed by atoms with Gasteiger partial charge in [-0.15, -0.1) is 11.8 Å². The van der Waals surface area contributed by atoms with Crippen molar-refractivity contribution in [2.24, 2.45) is 0 Å². The Morgan fingerprint density at radius 2 is 1.55 bits per heavy atom. The third-order valence-electron chi connectivity index (χ3n) is 4.89. The topological polar surface area (TPSA) is 58.2 Å². The van der Waals surface area contributed by atoms with Crippen LogP contribution in [0.25, 0.3) is 10.8 Å². The first-order chi connectivity index (χ1) is 15.1. The van der Waals surface area contributed by atoms with Gasteiger partial charge in [-0.05, 0) is 59.7 Å². The van der Waals surface area contributed by atoms with Gasteiger partial charge in [-0.2, -0.15) is 0 Å². The van der Waals surface area contributed by atoms with Crippen molar-refractivity contribution in [3.63, 3.8) is 0 Å². The van der Waals surface area contributed by atoms with Crippen molar-refractivity contribution in [2.75, 3.05) is 16.4 Å². The third-order valence-corrected chi connectivity index (χ3v) is 5.89. The van der Waals surface area contributed by atoms with Crippen LogP contribution in [0.5, 0.6) is 0 Å². The van der Waals surface area contributed by atoms with Crippen LogP contribution in [0, 0.1) is 6.92 Å². The zero-order valence-electron chi connectivity index (χ0n) is 17.1. The van der Waals surface area contributed by atoms with Gasteiger partial charge in [-0.3, -0.25) is 9.59 Å². The van der Waals surface area contributed by atoms with E-state index < -0.39 is 0 Å². The summed E-state index contributed by atoms with van der Waals surface area (Å²) in [4.78, 5) is 25.9. The fraction of sp³-hybridized carbons (Fsp3) is 0.0769. The number of carbonyl (C=O) groups is 2. The standard InChI is InChI=1S/C26H22N2O2S/c1-18-7-2-5-12-24(18)28-25(29)17-31-23-11-6-10-22(16-23)27-26(30)21-14-13-19-8-3-4-9-20(19)15-21/h2-16H,17H2,1H3,(H,27,30)(H,28,29). The SMILES string of the molecule is Cc1ccccc1NC(=O)CSc1cccc(NC(=O)c2ccc3ccccc3c2)c1. The van der Waals surface area contributed by atoms with Gasteiger partial charge in [-0.1, -0.05) is 54.6 Å². The predicted molar refractivity (Wildman–Crippen MR) is 129 cm³/mol. The van der Waals surface area contributed by atoms with E-state index in [-0.39, 0.29) is 17.6 Å². The number of anilines is 2. The van der Waals surface area contributed by atoms with Gasteiger partial charge in [0.25, 0.3) is 5.91 Å². The summed E-state index contributed by atoms with van der Waals surface area (Å²) in [6.07, 6.45) is 0. The fourth-order valence-electron chi connectivity index (χ4n) is 3.25. The summed E-state index contributed by atoms with van der Waals surface area (Å²) in [5.41, 5.74) is 3.15. The van der Waals surface area contributed by atoms with Crippen molar-refractivity contribution in [1.82, 2.24) is 0 Å². The number of nitrogens with one attached hydrogen (secondary N) is 2. The molecule has 0 unspecified atom stereocenters. The lowest BCUT2D eigenvalue weighted by molar-refractivity contribution is -0.113. The highest BCUT2D eigenvalue weighted by atomic mass is 32.2. The second-order valence-electron chi connectivity index (χ2n) is 7.20. The van der Waals surface area contributed by atoms with E-state index in [0.29, 0.717) is 11.3 Å². The Morgan fingerprint density at radius 3 is 2.39 bits per heavy atom. The molecule has 0 radical (unpaired) electrons. The molecule has 4 nitrogen and oxygen atoms in total. The van der Waals surface area contributed by atoms with Crippen molar-refractivity contribution < 1.29 is 9.59 Å². The molecule has 4 rings (SSSR count). The Bertz CT molecular complexity index is 1250. The number of fused-ring (bicyclic) bond motifs is 1. The van der Waals surface area contributed by atoms with Gasteiger partial charge in [0.15, 0.2) is 0 Å². The first-order valence-corrected chi connectivity index (χ1v) is 11.0. The van der Waals surface area contributed by atoms with E-state index >= 15 is 0 Å². The summed E-state index contributed by atoms with van der Waals surface area (Å²) in [7, 11) is 0. The van der Waals surface area contributed by atoms with Gasteiger partial charge in [-0.25, -0.2) is 0 Å². The summed E-state index contributed by atoms with van der Waals surface area (Å²) in [5.74, 6) is 0.0613. The van der Waals surface area contributed by atoms with Gasteiger partial charge in [0, 0.05) is 21.8 Å².